The van der Waals surface area contributed by atoms with Crippen molar-refractivity contribution in [1.82, 2.24) is 0 Å². The van der Waals surface area contributed by atoms with Crippen LogP contribution in [0.25, 0.3) is 0 Å². The molecule has 13 heavy (non-hydrogen) atoms. The van der Waals surface area contributed by atoms with E-state index in [0.29, 0.717) is 10.8 Å². The van der Waals surface area contributed by atoms with Gasteiger partial charge >= 0.3 is 0 Å². The van der Waals surface area contributed by atoms with Crippen LogP contribution in [0.5, 0.6) is 0 Å². The van der Waals surface area contributed by atoms with E-state index in [-0.39, 0.29) is 0 Å². The fraction of sp³-hybridized carbons (Fsp3) is 1.00. The smallest absolute Gasteiger partial charge is 0.0280 e. The fourth-order valence-corrected chi connectivity index (χ4v) is 1.61. The maximum absolute atomic E-state index is 2.41. The Hall–Kier alpha value is 0. The summed E-state index contributed by atoms with van der Waals surface area (Å²) in [6.45, 7) is 16.6. The Morgan fingerprint density at radius 1 is 1.00 bits per heavy atom. The van der Waals surface area contributed by atoms with Crippen LogP contribution in [0, 0.1) is 16.7 Å². The Bertz CT molecular complexity index is 137. The zero-order valence-corrected chi connectivity index (χ0v) is 10.7. The monoisotopic (exact) mass is 184 g/mol. The Morgan fingerprint density at radius 2 is 1.46 bits per heavy atom. The SMILES string of the molecule is CCCCC(C)C(C)(C)C(C)(C)C. The molecule has 0 aliphatic heterocycles. The van der Waals surface area contributed by atoms with Crippen molar-refractivity contribution in [2.75, 3.05) is 0 Å². The summed E-state index contributed by atoms with van der Waals surface area (Å²) >= 11 is 0. The van der Waals surface area contributed by atoms with Gasteiger partial charge in [-0.3, -0.25) is 0 Å². The average molecular weight is 184 g/mol. The van der Waals surface area contributed by atoms with Crippen LogP contribution in [0.2, 0.25) is 0 Å². The van der Waals surface area contributed by atoms with Gasteiger partial charge in [0.25, 0.3) is 0 Å². The van der Waals surface area contributed by atoms with E-state index in [9.17, 15) is 0 Å². The topological polar surface area (TPSA) is 0 Å². The summed E-state index contributed by atoms with van der Waals surface area (Å²) in [6.07, 6.45) is 4.08. The van der Waals surface area contributed by atoms with Crippen LogP contribution >= 0.6 is 0 Å². The van der Waals surface area contributed by atoms with Crippen LogP contribution < -0.4 is 0 Å². The lowest BCUT2D eigenvalue weighted by Crippen LogP contribution is -2.35. The first kappa shape index (κ1) is 13.0. The summed E-state index contributed by atoms with van der Waals surface area (Å²) in [4.78, 5) is 0. The van der Waals surface area contributed by atoms with Crippen molar-refractivity contribution in [3.63, 3.8) is 0 Å². The molecule has 0 aliphatic rings. The molecule has 0 aromatic heterocycles. The Balaban J connectivity index is 4.27. The van der Waals surface area contributed by atoms with Crippen LogP contribution in [0.15, 0.2) is 0 Å². The van der Waals surface area contributed by atoms with E-state index >= 15 is 0 Å². The highest BCUT2D eigenvalue weighted by molar-refractivity contribution is 4.86. The van der Waals surface area contributed by atoms with Gasteiger partial charge in [-0.15, -0.1) is 0 Å². The molecule has 0 saturated heterocycles. The highest BCUT2D eigenvalue weighted by atomic mass is 14.4. The summed E-state index contributed by atoms with van der Waals surface area (Å²) in [5.41, 5.74) is 0.863. The van der Waals surface area contributed by atoms with Gasteiger partial charge in [0.05, 0.1) is 0 Å². The Labute approximate surface area is 85.1 Å². The van der Waals surface area contributed by atoms with Crippen molar-refractivity contribution < 1.29 is 0 Å². The van der Waals surface area contributed by atoms with Crippen molar-refractivity contribution in [3.8, 4) is 0 Å². The van der Waals surface area contributed by atoms with Gasteiger partial charge in [-0.2, -0.15) is 0 Å². The quantitative estimate of drug-likeness (QED) is 0.584. The second kappa shape index (κ2) is 4.48. The molecule has 0 heterocycles. The molecule has 0 N–H and O–H groups in total. The highest BCUT2D eigenvalue weighted by Crippen LogP contribution is 2.45. The molecule has 0 bridgehead atoms. The van der Waals surface area contributed by atoms with Gasteiger partial charge in [0.1, 0.15) is 0 Å². The van der Waals surface area contributed by atoms with Crippen LogP contribution in [0.3, 0.4) is 0 Å². The van der Waals surface area contributed by atoms with Gasteiger partial charge in [0, 0.05) is 0 Å². The van der Waals surface area contributed by atoms with Gasteiger partial charge < -0.3 is 0 Å². The number of unbranched alkanes of at least 4 members (excludes halogenated alkanes) is 1. The summed E-state index contributed by atoms with van der Waals surface area (Å²) in [6, 6.07) is 0. The molecule has 0 aliphatic carbocycles. The first-order valence-corrected chi connectivity index (χ1v) is 5.73. The molecular formula is C13H28. The molecule has 0 radical (unpaired) electrons. The van der Waals surface area contributed by atoms with Crippen molar-refractivity contribution in [2.45, 2.75) is 67.7 Å². The minimum atomic E-state index is 0.417. The van der Waals surface area contributed by atoms with Crippen molar-refractivity contribution >= 4 is 0 Å². The van der Waals surface area contributed by atoms with E-state index in [1.807, 2.05) is 0 Å². The highest BCUT2D eigenvalue weighted by Gasteiger charge is 2.36. The molecule has 0 spiro atoms. The first-order valence-electron chi connectivity index (χ1n) is 5.73. The van der Waals surface area contributed by atoms with E-state index in [4.69, 9.17) is 0 Å². The molecular weight excluding hydrogens is 156 g/mol. The molecule has 0 aromatic rings. The van der Waals surface area contributed by atoms with Gasteiger partial charge in [0.15, 0.2) is 0 Å². The molecule has 0 amide bonds. The van der Waals surface area contributed by atoms with E-state index in [1.54, 1.807) is 0 Å². The fourth-order valence-electron chi connectivity index (χ4n) is 1.61. The maximum Gasteiger partial charge on any atom is -0.0280 e. The minimum Gasteiger partial charge on any atom is -0.0654 e. The van der Waals surface area contributed by atoms with E-state index < -0.39 is 0 Å². The molecule has 1 atom stereocenters. The lowest BCUT2D eigenvalue weighted by molar-refractivity contribution is 0.0581. The zero-order chi connectivity index (χ0) is 10.7. The molecule has 0 heteroatoms. The predicted molar refractivity (Wildman–Crippen MR) is 61.9 cm³/mol. The van der Waals surface area contributed by atoms with Crippen LogP contribution in [-0.4, -0.2) is 0 Å². The molecule has 0 saturated carbocycles. The molecule has 0 nitrogen and oxygen atoms in total. The van der Waals surface area contributed by atoms with E-state index in [2.05, 4.69) is 48.5 Å². The molecule has 80 valence electrons. The van der Waals surface area contributed by atoms with E-state index in [0.717, 1.165) is 5.92 Å². The van der Waals surface area contributed by atoms with Crippen LogP contribution in [0.1, 0.15) is 67.7 Å². The Morgan fingerprint density at radius 3 is 1.77 bits per heavy atom. The standard InChI is InChI=1S/C13H28/c1-8-9-10-11(2)13(6,7)12(3,4)5/h11H,8-10H2,1-7H3. The normalized spacial score (nSPS) is 15.9. The second-order valence-corrected chi connectivity index (χ2v) is 6.01. The average Bonchev–Trinajstić information content (AvgIpc) is 1.97. The number of hydrogen-bond acceptors (Lipinski definition) is 0. The van der Waals surface area contributed by atoms with Crippen molar-refractivity contribution in [3.05, 3.63) is 0 Å². The summed E-state index contributed by atoms with van der Waals surface area (Å²) in [5.74, 6) is 0.826. The third kappa shape index (κ3) is 3.32. The van der Waals surface area contributed by atoms with Gasteiger partial charge in [-0.05, 0) is 16.7 Å². The molecule has 0 fully saturated rings. The van der Waals surface area contributed by atoms with Crippen LogP contribution in [0.4, 0.5) is 0 Å². The molecule has 1 unspecified atom stereocenters. The zero-order valence-electron chi connectivity index (χ0n) is 10.7. The summed E-state index contributed by atoms with van der Waals surface area (Å²) < 4.78 is 0. The number of rotatable bonds is 4. The summed E-state index contributed by atoms with van der Waals surface area (Å²) in [7, 11) is 0. The third-order valence-corrected chi connectivity index (χ3v) is 4.16. The predicted octanol–water partition coefficient (Wildman–Crippen LogP) is 4.89. The second-order valence-electron chi connectivity index (χ2n) is 6.01. The van der Waals surface area contributed by atoms with E-state index in [1.165, 1.54) is 19.3 Å². The third-order valence-electron chi connectivity index (χ3n) is 4.16. The van der Waals surface area contributed by atoms with Gasteiger partial charge in [-0.25, -0.2) is 0 Å². The van der Waals surface area contributed by atoms with Crippen molar-refractivity contribution in [1.29, 1.82) is 0 Å². The largest absolute Gasteiger partial charge is 0.0654 e. The Kier molecular flexibility index (Phi) is 4.48. The molecule has 0 rings (SSSR count). The van der Waals surface area contributed by atoms with Crippen molar-refractivity contribution in [2.24, 2.45) is 16.7 Å². The van der Waals surface area contributed by atoms with Gasteiger partial charge in [0.2, 0.25) is 0 Å². The lowest BCUT2D eigenvalue weighted by atomic mass is 9.61. The molecule has 0 aromatic carbocycles. The lowest BCUT2D eigenvalue weighted by Gasteiger charge is -2.44. The van der Waals surface area contributed by atoms with Crippen LogP contribution in [-0.2, 0) is 0 Å². The summed E-state index contributed by atoms with van der Waals surface area (Å²) in [5, 5.41) is 0. The minimum absolute atomic E-state index is 0.417. The number of hydrogen-bond donors (Lipinski definition) is 0. The maximum atomic E-state index is 2.41. The van der Waals surface area contributed by atoms with Gasteiger partial charge in [-0.1, -0.05) is 67.7 Å². The first-order chi connectivity index (χ1) is 5.73.